The van der Waals surface area contributed by atoms with Crippen LogP contribution in [-0.2, 0) is 15.6 Å². The van der Waals surface area contributed by atoms with Crippen LogP contribution in [0.1, 0.15) is 5.56 Å². The lowest BCUT2D eigenvalue weighted by atomic mass is 10.2. The summed E-state index contributed by atoms with van der Waals surface area (Å²) in [6.45, 7) is 0. The van der Waals surface area contributed by atoms with Crippen LogP contribution in [-0.4, -0.2) is 8.42 Å². The van der Waals surface area contributed by atoms with E-state index in [9.17, 15) is 8.42 Å². The summed E-state index contributed by atoms with van der Waals surface area (Å²) in [7, 11) is -3.55. The van der Waals surface area contributed by atoms with E-state index in [4.69, 9.17) is 28.9 Å². The van der Waals surface area contributed by atoms with E-state index in [-0.39, 0.29) is 15.7 Å². The third-order valence-electron chi connectivity index (χ3n) is 2.62. The van der Waals surface area contributed by atoms with Crippen molar-refractivity contribution in [3.05, 3.63) is 58.1 Å². The molecule has 0 atom stereocenters. The van der Waals surface area contributed by atoms with Crippen LogP contribution >= 0.6 is 23.2 Å². The highest BCUT2D eigenvalue weighted by atomic mass is 35.5. The number of benzene rings is 2. The molecule has 19 heavy (non-hydrogen) atoms. The molecule has 3 nitrogen and oxygen atoms in total. The molecule has 2 aromatic rings. The Labute approximate surface area is 121 Å². The summed E-state index contributed by atoms with van der Waals surface area (Å²) in [6, 6.07) is 11.1. The van der Waals surface area contributed by atoms with Gasteiger partial charge in [0.15, 0.2) is 9.84 Å². The smallest absolute Gasteiger partial charge is 0.184 e. The summed E-state index contributed by atoms with van der Waals surface area (Å²) in [4.78, 5) is 0.0936. The molecule has 0 radical (unpaired) electrons. The Kier molecular flexibility index (Phi) is 4.04. The van der Waals surface area contributed by atoms with E-state index in [0.717, 1.165) is 0 Å². The van der Waals surface area contributed by atoms with Crippen molar-refractivity contribution in [1.82, 2.24) is 0 Å². The van der Waals surface area contributed by atoms with Gasteiger partial charge < -0.3 is 5.73 Å². The summed E-state index contributed by atoms with van der Waals surface area (Å²) >= 11 is 11.8. The van der Waals surface area contributed by atoms with Gasteiger partial charge in [-0.25, -0.2) is 8.42 Å². The van der Waals surface area contributed by atoms with Crippen LogP contribution in [0.3, 0.4) is 0 Å². The van der Waals surface area contributed by atoms with E-state index in [2.05, 4.69) is 0 Å². The van der Waals surface area contributed by atoms with Crippen molar-refractivity contribution in [1.29, 1.82) is 0 Å². The number of nitrogens with two attached hydrogens (primary N) is 1. The van der Waals surface area contributed by atoms with Gasteiger partial charge in [0, 0.05) is 10.7 Å². The number of hydrogen-bond donors (Lipinski definition) is 1. The first-order chi connectivity index (χ1) is 8.90. The van der Waals surface area contributed by atoms with Crippen LogP contribution in [0.15, 0.2) is 47.4 Å². The molecule has 2 aromatic carbocycles. The quantitative estimate of drug-likeness (QED) is 0.881. The Balaban J connectivity index is 2.43. The number of sulfone groups is 1. The van der Waals surface area contributed by atoms with Crippen LogP contribution < -0.4 is 5.73 Å². The van der Waals surface area contributed by atoms with Gasteiger partial charge in [0.1, 0.15) is 0 Å². The molecule has 0 spiro atoms. The highest BCUT2D eigenvalue weighted by Gasteiger charge is 2.19. The van der Waals surface area contributed by atoms with Gasteiger partial charge in [-0.1, -0.05) is 35.3 Å². The zero-order chi connectivity index (χ0) is 14.0. The fraction of sp³-hybridized carbons (Fsp3) is 0.0769. The fourth-order valence-electron chi connectivity index (χ4n) is 1.68. The van der Waals surface area contributed by atoms with Gasteiger partial charge in [-0.15, -0.1) is 0 Å². The summed E-state index contributed by atoms with van der Waals surface area (Å²) in [5.41, 5.74) is 6.61. The Morgan fingerprint density at radius 1 is 1.05 bits per heavy atom. The van der Waals surface area contributed by atoms with Crippen LogP contribution in [0.25, 0.3) is 0 Å². The summed E-state index contributed by atoms with van der Waals surface area (Å²) in [5.74, 6) is -0.233. The zero-order valence-corrected chi connectivity index (χ0v) is 12.1. The van der Waals surface area contributed by atoms with Gasteiger partial charge in [0.2, 0.25) is 0 Å². The molecular formula is C13H11Cl2NO2S. The lowest BCUT2D eigenvalue weighted by molar-refractivity contribution is 0.595. The second kappa shape index (κ2) is 5.41. The molecule has 0 aliphatic heterocycles. The number of anilines is 1. The Bertz CT molecular complexity index is 714. The predicted molar refractivity (Wildman–Crippen MR) is 78.2 cm³/mol. The Morgan fingerprint density at radius 3 is 2.42 bits per heavy atom. The normalized spacial score (nSPS) is 11.5. The van der Waals surface area contributed by atoms with Gasteiger partial charge >= 0.3 is 0 Å². The van der Waals surface area contributed by atoms with Crippen LogP contribution in [0.5, 0.6) is 0 Å². The lowest BCUT2D eigenvalue weighted by Crippen LogP contribution is -2.07. The highest BCUT2D eigenvalue weighted by molar-refractivity contribution is 7.90. The second-order valence-corrected chi connectivity index (χ2v) is 6.83. The van der Waals surface area contributed by atoms with Gasteiger partial charge in [0.05, 0.1) is 15.7 Å². The topological polar surface area (TPSA) is 60.2 Å². The first kappa shape index (κ1) is 14.2. The molecule has 0 bridgehead atoms. The van der Waals surface area contributed by atoms with E-state index in [1.165, 1.54) is 12.1 Å². The van der Waals surface area contributed by atoms with Crippen molar-refractivity contribution in [3.8, 4) is 0 Å². The van der Waals surface area contributed by atoms with Crippen molar-refractivity contribution in [2.75, 3.05) is 5.73 Å². The number of hydrogen-bond acceptors (Lipinski definition) is 3. The molecule has 0 aliphatic rings. The van der Waals surface area contributed by atoms with Gasteiger partial charge in [-0.3, -0.25) is 0 Å². The zero-order valence-electron chi connectivity index (χ0n) is 9.81. The second-order valence-electron chi connectivity index (χ2n) is 4.03. The summed E-state index contributed by atoms with van der Waals surface area (Å²) in [5, 5.41) is 0.640. The van der Waals surface area contributed by atoms with E-state index in [1.54, 1.807) is 30.3 Å². The first-order valence-corrected chi connectivity index (χ1v) is 7.82. The average molecular weight is 316 g/mol. The van der Waals surface area contributed by atoms with Crippen LogP contribution in [0.4, 0.5) is 5.69 Å². The van der Waals surface area contributed by atoms with E-state index < -0.39 is 9.84 Å². The predicted octanol–water partition coefficient (Wildman–Crippen LogP) is 3.55. The monoisotopic (exact) mass is 315 g/mol. The van der Waals surface area contributed by atoms with Crippen molar-refractivity contribution < 1.29 is 8.42 Å². The number of halogens is 2. The SMILES string of the molecule is Nc1ccc(Cl)cc1CS(=O)(=O)c1ccccc1Cl. The molecule has 0 amide bonds. The van der Waals surface area contributed by atoms with Crippen molar-refractivity contribution in [2.45, 2.75) is 10.6 Å². The maximum Gasteiger partial charge on any atom is 0.184 e. The van der Waals surface area contributed by atoms with Gasteiger partial charge in [-0.05, 0) is 35.9 Å². The third-order valence-corrected chi connectivity index (χ3v) is 5.02. The Morgan fingerprint density at radius 2 is 1.74 bits per heavy atom. The summed E-state index contributed by atoms with van der Waals surface area (Å²) in [6.07, 6.45) is 0. The molecule has 2 rings (SSSR count). The van der Waals surface area contributed by atoms with E-state index in [1.807, 2.05) is 0 Å². The van der Waals surface area contributed by atoms with E-state index in [0.29, 0.717) is 16.3 Å². The minimum Gasteiger partial charge on any atom is -0.398 e. The molecule has 0 fully saturated rings. The molecule has 0 saturated heterocycles. The number of nitrogen functional groups attached to an aromatic ring is 1. The third kappa shape index (κ3) is 3.21. The maximum atomic E-state index is 12.3. The maximum absolute atomic E-state index is 12.3. The summed E-state index contributed by atoms with van der Waals surface area (Å²) < 4.78 is 24.6. The molecule has 0 heterocycles. The molecule has 2 N–H and O–H groups in total. The molecular weight excluding hydrogens is 305 g/mol. The van der Waals surface area contributed by atoms with Crippen LogP contribution in [0, 0.1) is 0 Å². The minimum atomic E-state index is -3.55. The highest BCUT2D eigenvalue weighted by Crippen LogP contribution is 2.27. The average Bonchev–Trinajstić information content (AvgIpc) is 2.34. The van der Waals surface area contributed by atoms with Crippen molar-refractivity contribution >= 4 is 38.7 Å². The van der Waals surface area contributed by atoms with Crippen molar-refractivity contribution in [2.24, 2.45) is 0 Å². The fourth-order valence-corrected chi connectivity index (χ4v) is 3.83. The number of rotatable bonds is 3. The molecule has 0 aromatic heterocycles. The lowest BCUT2D eigenvalue weighted by Gasteiger charge is -2.09. The van der Waals surface area contributed by atoms with Gasteiger partial charge in [0.25, 0.3) is 0 Å². The first-order valence-electron chi connectivity index (χ1n) is 5.41. The van der Waals surface area contributed by atoms with Crippen molar-refractivity contribution in [3.63, 3.8) is 0 Å². The molecule has 0 aliphatic carbocycles. The molecule has 0 unspecified atom stereocenters. The largest absolute Gasteiger partial charge is 0.398 e. The van der Waals surface area contributed by atoms with Crippen LogP contribution in [0.2, 0.25) is 10.0 Å². The Hall–Kier alpha value is -1.23. The minimum absolute atomic E-state index is 0.0936. The standard InChI is InChI=1S/C13H11Cl2NO2S/c14-10-5-6-12(16)9(7-10)8-19(17,18)13-4-2-1-3-11(13)15/h1-7H,8,16H2. The molecule has 100 valence electrons. The van der Waals surface area contributed by atoms with E-state index >= 15 is 0 Å². The van der Waals surface area contributed by atoms with Gasteiger partial charge in [-0.2, -0.15) is 0 Å². The molecule has 0 saturated carbocycles. The molecule has 6 heteroatoms.